The molecule has 1 aromatic heterocycles. The van der Waals surface area contributed by atoms with E-state index in [1.165, 1.54) is 12.1 Å². The largest absolute Gasteiger partial charge is 0.451 e. The van der Waals surface area contributed by atoms with Crippen molar-refractivity contribution in [1.82, 2.24) is 5.32 Å². The molecule has 0 aliphatic rings. The van der Waals surface area contributed by atoms with Gasteiger partial charge in [-0.1, -0.05) is 23.7 Å². The first kappa shape index (κ1) is 15.3. The number of hydrogen-bond acceptors (Lipinski definition) is 2. The Morgan fingerprint density at radius 1 is 1.00 bits per heavy atom. The molecule has 0 radical (unpaired) electrons. The van der Waals surface area contributed by atoms with E-state index in [0.717, 1.165) is 11.1 Å². The highest BCUT2D eigenvalue weighted by Gasteiger charge is 2.12. The summed E-state index contributed by atoms with van der Waals surface area (Å²) >= 11 is 5.85. The van der Waals surface area contributed by atoms with Crippen LogP contribution in [0.1, 0.15) is 16.1 Å². The molecule has 0 unspecified atom stereocenters. The van der Waals surface area contributed by atoms with Crippen LogP contribution in [0.2, 0.25) is 5.02 Å². The van der Waals surface area contributed by atoms with Crippen LogP contribution in [0, 0.1) is 5.82 Å². The molecule has 23 heavy (non-hydrogen) atoms. The monoisotopic (exact) mass is 329 g/mol. The van der Waals surface area contributed by atoms with Crippen molar-refractivity contribution >= 4 is 17.5 Å². The molecule has 0 atom stereocenters. The van der Waals surface area contributed by atoms with Crippen LogP contribution < -0.4 is 5.32 Å². The van der Waals surface area contributed by atoms with Crippen molar-refractivity contribution in [2.75, 3.05) is 0 Å². The molecular formula is C18H13ClFNO2. The van der Waals surface area contributed by atoms with E-state index in [9.17, 15) is 9.18 Å². The molecule has 3 rings (SSSR count). The molecule has 3 nitrogen and oxygen atoms in total. The smallest absolute Gasteiger partial charge is 0.287 e. The van der Waals surface area contributed by atoms with E-state index in [2.05, 4.69) is 5.32 Å². The average Bonchev–Trinajstić information content (AvgIpc) is 3.05. The summed E-state index contributed by atoms with van der Waals surface area (Å²) in [6, 6.07) is 16.5. The van der Waals surface area contributed by atoms with Crippen LogP contribution in [0.15, 0.2) is 65.1 Å². The molecule has 1 N–H and O–H groups in total. The van der Waals surface area contributed by atoms with Crippen LogP contribution >= 0.6 is 11.6 Å². The predicted octanol–water partition coefficient (Wildman–Crippen LogP) is 4.67. The lowest BCUT2D eigenvalue weighted by Gasteiger charge is -2.03. The molecule has 0 spiro atoms. The third-order valence-electron chi connectivity index (χ3n) is 3.32. The van der Waals surface area contributed by atoms with Crippen molar-refractivity contribution < 1.29 is 13.6 Å². The molecular weight excluding hydrogens is 317 g/mol. The summed E-state index contributed by atoms with van der Waals surface area (Å²) in [6.07, 6.45) is 0. The number of furan rings is 1. The minimum absolute atomic E-state index is 0.220. The van der Waals surface area contributed by atoms with Gasteiger partial charge in [-0.15, -0.1) is 0 Å². The molecule has 0 fully saturated rings. The molecule has 0 saturated carbocycles. The maximum Gasteiger partial charge on any atom is 0.287 e. The number of nitrogens with one attached hydrogen (secondary N) is 1. The van der Waals surface area contributed by atoms with Gasteiger partial charge in [0, 0.05) is 17.1 Å². The second-order valence-electron chi connectivity index (χ2n) is 4.98. The standard InChI is InChI=1S/C18H13ClFNO2/c19-14-5-3-13(4-6-14)16-9-10-17(23-16)18(22)21-11-12-1-7-15(20)8-2-12/h1-10H,11H2,(H,21,22). The Labute approximate surface area is 137 Å². The van der Waals surface area contributed by atoms with Crippen molar-refractivity contribution in [3.8, 4) is 11.3 Å². The summed E-state index contributed by atoms with van der Waals surface area (Å²) in [5.74, 6) is 0.180. The van der Waals surface area contributed by atoms with Crippen LogP contribution in [0.25, 0.3) is 11.3 Å². The lowest BCUT2D eigenvalue weighted by molar-refractivity contribution is 0.0924. The van der Waals surface area contributed by atoms with Gasteiger partial charge in [-0.25, -0.2) is 4.39 Å². The second-order valence-corrected chi connectivity index (χ2v) is 5.42. The number of hydrogen-bond donors (Lipinski definition) is 1. The first-order valence-electron chi connectivity index (χ1n) is 7.00. The fraction of sp³-hybridized carbons (Fsp3) is 0.0556. The Morgan fingerprint density at radius 2 is 1.70 bits per heavy atom. The minimum atomic E-state index is -0.325. The summed E-state index contributed by atoms with van der Waals surface area (Å²) in [6.45, 7) is 0.302. The Kier molecular flexibility index (Phi) is 4.44. The number of carbonyl (C=O) groups excluding carboxylic acids is 1. The third-order valence-corrected chi connectivity index (χ3v) is 3.58. The van der Waals surface area contributed by atoms with Gasteiger partial charge < -0.3 is 9.73 Å². The normalized spacial score (nSPS) is 10.5. The molecule has 5 heteroatoms. The van der Waals surface area contributed by atoms with Gasteiger partial charge in [0.25, 0.3) is 5.91 Å². The van der Waals surface area contributed by atoms with Crippen LogP contribution in [0.4, 0.5) is 4.39 Å². The van der Waals surface area contributed by atoms with E-state index in [1.807, 2.05) is 12.1 Å². The number of amides is 1. The molecule has 0 aliphatic heterocycles. The number of rotatable bonds is 4. The highest BCUT2D eigenvalue weighted by molar-refractivity contribution is 6.30. The van der Waals surface area contributed by atoms with E-state index in [1.54, 1.807) is 36.4 Å². The van der Waals surface area contributed by atoms with E-state index in [-0.39, 0.29) is 17.5 Å². The first-order chi connectivity index (χ1) is 11.1. The molecule has 1 amide bonds. The van der Waals surface area contributed by atoms with Gasteiger partial charge in [0.15, 0.2) is 5.76 Å². The van der Waals surface area contributed by atoms with Crippen molar-refractivity contribution in [2.45, 2.75) is 6.54 Å². The van der Waals surface area contributed by atoms with Crippen LogP contribution in [0.5, 0.6) is 0 Å². The zero-order valence-electron chi connectivity index (χ0n) is 12.1. The quantitative estimate of drug-likeness (QED) is 0.755. The van der Waals surface area contributed by atoms with Gasteiger partial charge in [0.1, 0.15) is 11.6 Å². The lowest BCUT2D eigenvalue weighted by atomic mass is 10.2. The van der Waals surface area contributed by atoms with E-state index >= 15 is 0 Å². The van der Waals surface area contributed by atoms with Crippen molar-refractivity contribution in [2.24, 2.45) is 0 Å². The van der Waals surface area contributed by atoms with E-state index in [4.69, 9.17) is 16.0 Å². The molecule has 116 valence electrons. The second kappa shape index (κ2) is 6.67. The van der Waals surface area contributed by atoms with E-state index < -0.39 is 0 Å². The number of halogens is 2. The zero-order valence-corrected chi connectivity index (χ0v) is 12.8. The number of carbonyl (C=O) groups is 1. The highest BCUT2D eigenvalue weighted by Crippen LogP contribution is 2.23. The summed E-state index contributed by atoms with van der Waals surface area (Å²) in [4.78, 5) is 12.1. The molecule has 1 heterocycles. The lowest BCUT2D eigenvalue weighted by Crippen LogP contribution is -2.22. The fourth-order valence-corrected chi connectivity index (χ4v) is 2.23. The maximum absolute atomic E-state index is 12.8. The highest BCUT2D eigenvalue weighted by atomic mass is 35.5. The Hall–Kier alpha value is -2.59. The summed E-state index contributed by atoms with van der Waals surface area (Å²) in [5, 5.41) is 3.37. The van der Waals surface area contributed by atoms with Gasteiger partial charge in [-0.05, 0) is 54.1 Å². The summed E-state index contributed by atoms with van der Waals surface area (Å²) in [5.41, 5.74) is 1.65. The fourth-order valence-electron chi connectivity index (χ4n) is 2.10. The van der Waals surface area contributed by atoms with Gasteiger partial charge in [-0.2, -0.15) is 0 Å². The van der Waals surface area contributed by atoms with Gasteiger partial charge in [0.05, 0.1) is 0 Å². The molecule has 2 aromatic carbocycles. The Morgan fingerprint density at radius 3 is 2.39 bits per heavy atom. The first-order valence-corrected chi connectivity index (χ1v) is 7.38. The topological polar surface area (TPSA) is 42.2 Å². The molecule has 3 aromatic rings. The van der Waals surface area contributed by atoms with Crippen molar-refractivity contribution in [3.63, 3.8) is 0 Å². The minimum Gasteiger partial charge on any atom is -0.451 e. The van der Waals surface area contributed by atoms with Gasteiger partial charge in [0.2, 0.25) is 0 Å². The summed E-state index contributed by atoms with van der Waals surface area (Å²) < 4.78 is 18.4. The SMILES string of the molecule is O=C(NCc1ccc(F)cc1)c1ccc(-c2ccc(Cl)cc2)o1. The molecule has 0 aliphatic carbocycles. The molecule has 0 saturated heterocycles. The van der Waals surface area contributed by atoms with Crippen molar-refractivity contribution in [1.29, 1.82) is 0 Å². The van der Waals surface area contributed by atoms with E-state index in [0.29, 0.717) is 17.3 Å². The van der Waals surface area contributed by atoms with Crippen molar-refractivity contribution in [3.05, 3.63) is 82.8 Å². The molecule has 0 bridgehead atoms. The van der Waals surface area contributed by atoms with Crippen LogP contribution in [0.3, 0.4) is 0 Å². The maximum atomic E-state index is 12.8. The van der Waals surface area contributed by atoms with Gasteiger partial charge >= 0.3 is 0 Å². The predicted molar refractivity (Wildman–Crippen MR) is 86.7 cm³/mol. The van der Waals surface area contributed by atoms with Crippen LogP contribution in [-0.4, -0.2) is 5.91 Å². The average molecular weight is 330 g/mol. The van der Waals surface area contributed by atoms with Gasteiger partial charge in [-0.3, -0.25) is 4.79 Å². The Balaban J connectivity index is 1.66. The summed E-state index contributed by atoms with van der Waals surface area (Å²) in [7, 11) is 0. The Bertz CT molecular complexity index is 810. The zero-order chi connectivity index (χ0) is 16.2. The third kappa shape index (κ3) is 3.79. The number of benzene rings is 2. The van der Waals surface area contributed by atoms with Crippen LogP contribution in [-0.2, 0) is 6.54 Å².